The molecule has 2 rings (SSSR count). The molecule has 1 fully saturated rings. The van der Waals surface area contributed by atoms with E-state index in [0.717, 1.165) is 12.1 Å². The minimum atomic E-state index is 0.145. The van der Waals surface area contributed by atoms with E-state index >= 15 is 0 Å². The summed E-state index contributed by atoms with van der Waals surface area (Å²) in [6.45, 7) is 5.53. The molecule has 0 aliphatic carbocycles. The molecule has 0 spiro atoms. The topological polar surface area (TPSA) is 53.1 Å². The normalized spacial score (nSPS) is 20.4. The van der Waals surface area contributed by atoms with Crippen LogP contribution in [0.5, 0.6) is 0 Å². The fraction of sp³-hybridized carbons (Fsp3) is 0.500. The number of amidine groups is 1. The lowest BCUT2D eigenvalue weighted by Crippen LogP contribution is -2.37. The van der Waals surface area contributed by atoms with E-state index in [2.05, 4.69) is 24.8 Å². The number of aryl methyl sites for hydroxylation is 1. The second-order valence-electron chi connectivity index (χ2n) is 4.95. The summed E-state index contributed by atoms with van der Waals surface area (Å²) < 4.78 is 0. The summed E-state index contributed by atoms with van der Waals surface area (Å²) in [6.07, 6.45) is 3.88. The molecule has 3 heteroatoms. The molecule has 3 nitrogen and oxygen atoms in total. The summed E-state index contributed by atoms with van der Waals surface area (Å²) in [6, 6.07) is 6.68. The molecule has 1 aliphatic rings. The minimum absolute atomic E-state index is 0.145. The van der Waals surface area contributed by atoms with Gasteiger partial charge in [-0.2, -0.15) is 0 Å². The molecule has 1 aromatic rings. The highest BCUT2D eigenvalue weighted by atomic mass is 15.2. The smallest absolute Gasteiger partial charge is 0.122 e. The Hall–Kier alpha value is -1.51. The van der Waals surface area contributed by atoms with Gasteiger partial charge in [-0.15, -0.1) is 0 Å². The first-order valence-corrected chi connectivity index (χ1v) is 6.31. The minimum Gasteiger partial charge on any atom is -0.384 e. The largest absolute Gasteiger partial charge is 0.384 e. The molecule has 17 heavy (non-hydrogen) atoms. The van der Waals surface area contributed by atoms with Gasteiger partial charge in [0.25, 0.3) is 0 Å². The fourth-order valence-electron chi connectivity index (χ4n) is 2.60. The fourth-order valence-corrected chi connectivity index (χ4v) is 2.60. The number of nitrogens with zero attached hydrogens (tertiary/aromatic N) is 1. The summed E-state index contributed by atoms with van der Waals surface area (Å²) in [5.74, 6) is 0.145. The molecule has 1 heterocycles. The Morgan fingerprint density at radius 2 is 2.18 bits per heavy atom. The zero-order chi connectivity index (χ0) is 12.4. The van der Waals surface area contributed by atoms with Crippen LogP contribution in [0.3, 0.4) is 0 Å². The second-order valence-corrected chi connectivity index (χ2v) is 4.95. The zero-order valence-corrected chi connectivity index (χ0v) is 10.7. The number of hydrogen-bond acceptors (Lipinski definition) is 2. The average molecular weight is 231 g/mol. The van der Waals surface area contributed by atoms with E-state index in [1.807, 2.05) is 12.1 Å². The molecule has 0 amide bonds. The SMILES string of the molecule is Cc1cc(C(=N)N)ccc1N1CCCCC1C. The Bertz CT molecular complexity index is 425. The molecule has 1 aromatic carbocycles. The third-order valence-electron chi connectivity index (χ3n) is 3.62. The van der Waals surface area contributed by atoms with Gasteiger partial charge in [-0.25, -0.2) is 0 Å². The highest BCUT2D eigenvalue weighted by Gasteiger charge is 2.19. The number of benzene rings is 1. The Morgan fingerprint density at radius 3 is 2.76 bits per heavy atom. The number of nitrogen functional groups attached to an aromatic ring is 1. The lowest BCUT2D eigenvalue weighted by Gasteiger charge is -2.36. The van der Waals surface area contributed by atoms with Crippen molar-refractivity contribution in [2.45, 2.75) is 39.2 Å². The van der Waals surface area contributed by atoms with E-state index in [1.165, 1.54) is 30.5 Å². The molecule has 1 unspecified atom stereocenters. The highest BCUT2D eigenvalue weighted by molar-refractivity contribution is 5.95. The molecule has 0 radical (unpaired) electrons. The van der Waals surface area contributed by atoms with Crippen LogP contribution in [0.25, 0.3) is 0 Å². The lowest BCUT2D eigenvalue weighted by molar-refractivity contribution is 0.484. The number of nitrogens with two attached hydrogens (primary N) is 1. The van der Waals surface area contributed by atoms with Crippen LogP contribution in [-0.4, -0.2) is 18.4 Å². The molecule has 1 atom stereocenters. The number of rotatable bonds is 2. The highest BCUT2D eigenvalue weighted by Crippen LogP contribution is 2.28. The molecule has 92 valence electrons. The van der Waals surface area contributed by atoms with Gasteiger partial charge in [0.05, 0.1) is 0 Å². The van der Waals surface area contributed by atoms with Crippen LogP contribution in [0.4, 0.5) is 5.69 Å². The first kappa shape index (κ1) is 12.0. The van der Waals surface area contributed by atoms with Crippen LogP contribution in [0.15, 0.2) is 18.2 Å². The van der Waals surface area contributed by atoms with Gasteiger partial charge < -0.3 is 10.6 Å². The van der Waals surface area contributed by atoms with Crippen LogP contribution >= 0.6 is 0 Å². The Labute approximate surface area is 103 Å². The van der Waals surface area contributed by atoms with Gasteiger partial charge in [-0.05, 0) is 56.9 Å². The molecule has 1 aliphatic heterocycles. The van der Waals surface area contributed by atoms with Gasteiger partial charge in [0, 0.05) is 23.8 Å². The summed E-state index contributed by atoms with van der Waals surface area (Å²) >= 11 is 0. The van der Waals surface area contributed by atoms with Crippen LogP contribution in [-0.2, 0) is 0 Å². The van der Waals surface area contributed by atoms with Crippen molar-refractivity contribution in [3.63, 3.8) is 0 Å². The van der Waals surface area contributed by atoms with E-state index in [1.54, 1.807) is 0 Å². The Morgan fingerprint density at radius 1 is 1.41 bits per heavy atom. The molecule has 3 N–H and O–H groups in total. The van der Waals surface area contributed by atoms with Gasteiger partial charge in [-0.1, -0.05) is 0 Å². The maximum Gasteiger partial charge on any atom is 0.122 e. The van der Waals surface area contributed by atoms with Crippen molar-refractivity contribution in [3.8, 4) is 0 Å². The molecular weight excluding hydrogens is 210 g/mol. The third kappa shape index (κ3) is 2.43. The third-order valence-corrected chi connectivity index (χ3v) is 3.62. The van der Waals surface area contributed by atoms with Gasteiger partial charge in [-0.3, -0.25) is 5.41 Å². The quantitative estimate of drug-likeness (QED) is 0.607. The first-order chi connectivity index (χ1) is 8.09. The number of hydrogen-bond donors (Lipinski definition) is 2. The van der Waals surface area contributed by atoms with E-state index in [0.29, 0.717) is 6.04 Å². The molecule has 1 saturated heterocycles. The summed E-state index contributed by atoms with van der Waals surface area (Å²) in [5, 5.41) is 7.45. The lowest BCUT2D eigenvalue weighted by atomic mass is 10.0. The van der Waals surface area contributed by atoms with E-state index in [4.69, 9.17) is 11.1 Å². The Kier molecular flexibility index (Phi) is 3.36. The number of nitrogens with one attached hydrogen (secondary N) is 1. The Balaban J connectivity index is 2.29. The predicted molar refractivity (Wildman–Crippen MR) is 72.9 cm³/mol. The maximum absolute atomic E-state index is 7.45. The average Bonchev–Trinajstić information content (AvgIpc) is 2.30. The standard InChI is InChI=1S/C14H21N3/c1-10-9-12(14(15)16)6-7-13(10)17-8-4-3-5-11(17)2/h6-7,9,11H,3-5,8H2,1-2H3,(H3,15,16). The van der Waals surface area contributed by atoms with Crippen LogP contribution in [0, 0.1) is 12.3 Å². The van der Waals surface area contributed by atoms with Crippen molar-refractivity contribution in [2.75, 3.05) is 11.4 Å². The van der Waals surface area contributed by atoms with Gasteiger partial charge in [0.1, 0.15) is 5.84 Å². The monoisotopic (exact) mass is 231 g/mol. The van der Waals surface area contributed by atoms with Crippen LogP contribution in [0.1, 0.15) is 37.3 Å². The molecule has 0 aromatic heterocycles. The molecular formula is C14H21N3. The van der Waals surface area contributed by atoms with Crippen molar-refractivity contribution >= 4 is 11.5 Å². The van der Waals surface area contributed by atoms with Crippen molar-refractivity contribution in [3.05, 3.63) is 29.3 Å². The number of piperidine rings is 1. The van der Waals surface area contributed by atoms with E-state index in [9.17, 15) is 0 Å². The maximum atomic E-state index is 7.45. The second kappa shape index (κ2) is 4.78. The van der Waals surface area contributed by atoms with Gasteiger partial charge in [0.2, 0.25) is 0 Å². The first-order valence-electron chi connectivity index (χ1n) is 6.31. The van der Waals surface area contributed by atoms with Crippen molar-refractivity contribution in [1.29, 1.82) is 5.41 Å². The zero-order valence-electron chi connectivity index (χ0n) is 10.7. The van der Waals surface area contributed by atoms with Gasteiger partial charge >= 0.3 is 0 Å². The number of anilines is 1. The summed E-state index contributed by atoms with van der Waals surface area (Å²) in [7, 11) is 0. The van der Waals surface area contributed by atoms with Crippen LogP contribution < -0.4 is 10.6 Å². The molecule has 0 saturated carbocycles. The van der Waals surface area contributed by atoms with Crippen molar-refractivity contribution < 1.29 is 0 Å². The van der Waals surface area contributed by atoms with Crippen molar-refractivity contribution in [1.82, 2.24) is 0 Å². The predicted octanol–water partition coefficient (Wildman–Crippen LogP) is 2.66. The summed E-state index contributed by atoms with van der Waals surface area (Å²) in [5.41, 5.74) is 8.83. The van der Waals surface area contributed by atoms with Gasteiger partial charge in [0.15, 0.2) is 0 Å². The summed E-state index contributed by atoms with van der Waals surface area (Å²) in [4.78, 5) is 2.47. The van der Waals surface area contributed by atoms with Crippen molar-refractivity contribution in [2.24, 2.45) is 5.73 Å². The molecule has 0 bridgehead atoms. The van der Waals surface area contributed by atoms with Crippen LogP contribution in [0.2, 0.25) is 0 Å². The van der Waals surface area contributed by atoms with E-state index in [-0.39, 0.29) is 5.84 Å². The van der Waals surface area contributed by atoms with E-state index < -0.39 is 0 Å².